The van der Waals surface area contributed by atoms with Gasteiger partial charge in [-0.2, -0.15) is 0 Å². The Labute approximate surface area is 126 Å². The van der Waals surface area contributed by atoms with Crippen LogP contribution in [0.5, 0.6) is 0 Å². The van der Waals surface area contributed by atoms with E-state index in [9.17, 15) is 17.2 Å². The summed E-state index contributed by atoms with van der Waals surface area (Å²) in [6.07, 6.45) is 0. The minimum atomic E-state index is -3.82. The third-order valence-corrected chi connectivity index (χ3v) is 4.96. The van der Waals surface area contributed by atoms with Crippen LogP contribution < -0.4 is 5.73 Å². The molecular weight excluding hydrogens is 320 g/mol. The average Bonchev–Trinajstić information content (AvgIpc) is 2.43. The van der Waals surface area contributed by atoms with E-state index in [1.165, 1.54) is 0 Å². The molecule has 0 spiro atoms. The van der Waals surface area contributed by atoms with Crippen LogP contribution >= 0.6 is 11.6 Å². The van der Waals surface area contributed by atoms with Crippen LogP contribution in [0.4, 0.5) is 8.78 Å². The highest BCUT2D eigenvalue weighted by molar-refractivity contribution is 7.90. The SMILES string of the molecule is NCc1ccc(CS(=O)(=O)c2ccc(F)c(F)c2)c(Cl)c1. The summed E-state index contributed by atoms with van der Waals surface area (Å²) in [5, 5.41) is 0.268. The summed E-state index contributed by atoms with van der Waals surface area (Å²) in [4.78, 5) is -0.291. The summed E-state index contributed by atoms with van der Waals surface area (Å²) < 4.78 is 50.4. The zero-order valence-electron chi connectivity index (χ0n) is 10.8. The van der Waals surface area contributed by atoms with Crippen molar-refractivity contribution < 1.29 is 17.2 Å². The highest BCUT2D eigenvalue weighted by Gasteiger charge is 2.19. The third-order valence-electron chi connectivity index (χ3n) is 2.95. The Balaban J connectivity index is 2.35. The molecular formula is C14H12ClF2NO2S. The monoisotopic (exact) mass is 331 g/mol. The van der Waals surface area contributed by atoms with Crippen LogP contribution in [0.25, 0.3) is 0 Å². The fourth-order valence-electron chi connectivity index (χ4n) is 1.79. The summed E-state index contributed by atoms with van der Waals surface area (Å²) in [5.41, 5.74) is 6.61. The Kier molecular flexibility index (Phi) is 4.61. The van der Waals surface area contributed by atoms with E-state index in [1.807, 2.05) is 0 Å². The van der Waals surface area contributed by atoms with E-state index >= 15 is 0 Å². The molecule has 2 aromatic rings. The summed E-state index contributed by atoms with van der Waals surface area (Å²) in [6.45, 7) is 0.288. The Bertz CT molecular complexity index is 779. The molecule has 0 aliphatic carbocycles. The van der Waals surface area contributed by atoms with E-state index in [2.05, 4.69) is 0 Å². The van der Waals surface area contributed by atoms with Crippen LogP contribution in [0.1, 0.15) is 11.1 Å². The van der Waals surface area contributed by atoms with Gasteiger partial charge in [-0.05, 0) is 35.4 Å². The molecule has 7 heteroatoms. The highest BCUT2D eigenvalue weighted by Crippen LogP contribution is 2.24. The van der Waals surface area contributed by atoms with Crippen molar-refractivity contribution in [2.24, 2.45) is 5.73 Å². The molecule has 0 atom stereocenters. The summed E-state index contributed by atoms with van der Waals surface area (Å²) in [7, 11) is -3.82. The van der Waals surface area contributed by atoms with Crippen molar-refractivity contribution >= 4 is 21.4 Å². The van der Waals surface area contributed by atoms with Crippen molar-refractivity contribution in [1.29, 1.82) is 0 Å². The van der Waals surface area contributed by atoms with Crippen LogP contribution in [0, 0.1) is 11.6 Å². The Morgan fingerprint density at radius 3 is 2.33 bits per heavy atom. The lowest BCUT2D eigenvalue weighted by atomic mass is 10.1. The molecule has 0 aliphatic rings. The van der Waals surface area contributed by atoms with Gasteiger partial charge in [-0.1, -0.05) is 23.7 Å². The summed E-state index contributed by atoms with van der Waals surface area (Å²) in [5.74, 6) is -2.71. The quantitative estimate of drug-likeness (QED) is 0.876. The normalized spacial score (nSPS) is 11.6. The molecule has 112 valence electrons. The first kappa shape index (κ1) is 15.9. The molecule has 0 amide bonds. The Morgan fingerprint density at radius 1 is 1.05 bits per heavy atom. The van der Waals surface area contributed by atoms with Crippen molar-refractivity contribution in [3.63, 3.8) is 0 Å². The number of halogens is 3. The van der Waals surface area contributed by atoms with Gasteiger partial charge >= 0.3 is 0 Å². The zero-order chi connectivity index (χ0) is 15.6. The smallest absolute Gasteiger partial charge is 0.182 e. The van der Waals surface area contributed by atoms with Crippen LogP contribution in [0.3, 0.4) is 0 Å². The van der Waals surface area contributed by atoms with E-state index in [0.29, 0.717) is 11.6 Å². The highest BCUT2D eigenvalue weighted by atomic mass is 35.5. The van der Waals surface area contributed by atoms with E-state index in [1.54, 1.807) is 18.2 Å². The maximum absolute atomic E-state index is 13.1. The number of rotatable bonds is 4. The molecule has 2 aromatic carbocycles. The molecule has 0 radical (unpaired) electrons. The Morgan fingerprint density at radius 2 is 1.76 bits per heavy atom. The molecule has 2 N–H and O–H groups in total. The fourth-order valence-corrected chi connectivity index (χ4v) is 3.53. The number of nitrogens with two attached hydrogens (primary N) is 1. The molecule has 3 nitrogen and oxygen atoms in total. The minimum absolute atomic E-state index is 0.268. The van der Waals surface area contributed by atoms with Crippen molar-refractivity contribution in [3.05, 3.63) is 64.2 Å². The van der Waals surface area contributed by atoms with E-state index in [-0.39, 0.29) is 16.5 Å². The van der Waals surface area contributed by atoms with Gasteiger partial charge in [-0.3, -0.25) is 0 Å². The molecule has 2 rings (SSSR count). The number of hydrogen-bond donors (Lipinski definition) is 1. The maximum atomic E-state index is 13.1. The van der Waals surface area contributed by atoms with Gasteiger partial charge in [0.1, 0.15) is 0 Å². The van der Waals surface area contributed by atoms with Gasteiger partial charge in [0.2, 0.25) is 0 Å². The van der Waals surface area contributed by atoms with Gasteiger partial charge < -0.3 is 5.73 Å². The van der Waals surface area contributed by atoms with Crippen LogP contribution in [0.2, 0.25) is 5.02 Å². The van der Waals surface area contributed by atoms with E-state index in [4.69, 9.17) is 17.3 Å². The van der Waals surface area contributed by atoms with Gasteiger partial charge in [0, 0.05) is 11.6 Å². The van der Waals surface area contributed by atoms with Crippen molar-refractivity contribution in [3.8, 4) is 0 Å². The third kappa shape index (κ3) is 3.58. The second-order valence-corrected chi connectivity index (χ2v) is 6.86. The van der Waals surface area contributed by atoms with E-state index in [0.717, 1.165) is 17.7 Å². The second kappa shape index (κ2) is 6.09. The molecule has 0 saturated carbocycles. The predicted molar refractivity (Wildman–Crippen MR) is 76.6 cm³/mol. The molecule has 0 aliphatic heterocycles. The lowest BCUT2D eigenvalue weighted by Crippen LogP contribution is -2.07. The molecule has 0 fully saturated rings. The maximum Gasteiger partial charge on any atom is 0.182 e. The van der Waals surface area contributed by atoms with Crippen molar-refractivity contribution in [2.45, 2.75) is 17.2 Å². The van der Waals surface area contributed by atoms with Crippen LogP contribution in [0.15, 0.2) is 41.3 Å². The van der Waals surface area contributed by atoms with Gasteiger partial charge in [0.25, 0.3) is 0 Å². The molecule has 0 unspecified atom stereocenters. The predicted octanol–water partition coefficient (Wildman–Crippen LogP) is 3.05. The number of benzene rings is 2. The molecule has 0 saturated heterocycles. The minimum Gasteiger partial charge on any atom is -0.326 e. The van der Waals surface area contributed by atoms with E-state index < -0.39 is 27.2 Å². The summed E-state index contributed by atoms with van der Waals surface area (Å²) >= 11 is 6.00. The molecule has 0 heterocycles. The first-order valence-electron chi connectivity index (χ1n) is 5.98. The average molecular weight is 332 g/mol. The van der Waals surface area contributed by atoms with Gasteiger partial charge in [-0.25, -0.2) is 17.2 Å². The first-order chi connectivity index (χ1) is 9.83. The fraction of sp³-hybridized carbons (Fsp3) is 0.143. The van der Waals surface area contributed by atoms with Crippen molar-refractivity contribution in [2.75, 3.05) is 0 Å². The van der Waals surface area contributed by atoms with Crippen LogP contribution in [-0.2, 0) is 22.1 Å². The lowest BCUT2D eigenvalue weighted by Gasteiger charge is -2.08. The second-order valence-electron chi connectivity index (χ2n) is 4.46. The van der Waals surface area contributed by atoms with Crippen molar-refractivity contribution in [1.82, 2.24) is 0 Å². The summed E-state index contributed by atoms with van der Waals surface area (Å²) in [6, 6.07) is 7.27. The number of hydrogen-bond acceptors (Lipinski definition) is 3. The topological polar surface area (TPSA) is 60.2 Å². The van der Waals surface area contributed by atoms with Gasteiger partial charge in [0.15, 0.2) is 21.5 Å². The largest absolute Gasteiger partial charge is 0.326 e. The Hall–Kier alpha value is -1.50. The standard InChI is InChI=1S/C14H12ClF2NO2S/c15-12-5-9(7-18)1-2-10(12)8-21(19,20)11-3-4-13(16)14(17)6-11/h1-6H,7-8,18H2. The van der Waals surface area contributed by atoms with Crippen LogP contribution in [-0.4, -0.2) is 8.42 Å². The molecule has 0 aromatic heterocycles. The molecule has 0 bridgehead atoms. The number of sulfone groups is 1. The van der Waals surface area contributed by atoms with Gasteiger partial charge in [0.05, 0.1) is 10.6 Å². The zero-order valence-corrected chi connectivity index (χ0v) is 12.4. The lowest BCUT2D eigenvalue weighted by molar-refractivity contribution is 0.504. The molecule has 21 heavy (non-hydrogen) atoms. The first-order valence-corrected chi connectivity index (χ1v) is 8.01. The van der Waals surface area contributed by atoms with Gasteiger partial charge in [-0.15, -0.1) is 0 Å².